The monoisotopic (exact) mass is 453 g/mol. The highest BCUT2D eigenvalue weighted by atomic mass is 16.5. The van der Waals surface area contributed by atoms with Gasteiger partial charge in [-0.15, -0.1) is 0 Å². The Labute approximate surface area is 195 Å². The number of carbonyl (C=O) groups excluding carboxylic acids is 1. The van der Waals surface area contributed by atoms with Crippen molar-refractivity contribution in [1.29, 1.82) is 0 Å². The number of hydrogen-bond donors (Lipinski definition) is 2. The molecular weight excluding hydrogens is 430 g/mol. The van der Waals surface area contributed by atoms with E-state index < -0.39 is 5.63 Å². The number of amides is 1. The number of nitrogens with zero attached hydrogens (tertiary/aromatic N) is 1. The molecule has 3 aromatic carbocycles. The predicted molar refractivity (Wildman–Crippen MR) is 132 cm³/mol. The second-order valence-corrected chi connectivity index (χ2v) is 8.08. The molecule has 5 aromatic rings. The van der Waals surface area contributed by atoms with Crippen molar-refractivity contribution in [2.45, 2.75) is 19.8 Å². The van der Waals surface area contributed by atoms with Gasteiger partial charge in [-0.25, -0.2) is 9.78 Å². The minimum Gasteiger partial charge on any atom is -0.497 e. The van der Waals surface area contributed by atoms with Crippen LogP contribution in [0.2, 0.25) is 0 Å². The fourth-order valence-corrected chi connectivity index (χ4v) is 4.05. The van der Waals surface area contributed by atoms with Crippen LogP contribution in [0.15, 0.2) is 75.9 Å². The first-order valence-corrected chi connectivity index (χ1v) is 11.0. The standard InChI is InChI=1S/C27H23N3O4/c1-16-20-12-11-19(33-2)15-24(20)34-27(32)21(16)13-14-25(31)28-18-9-7-17(8-10-18)26-29-22-5-3-4-6-23(22)30-26/h3-12,15H,13-14H2,1-2H3,(H,28,31)(H,29,30). The molecule has 2 N–H and O–H groups in total. The minimum atomic E-state index is -0.429. The lowest BCUT2D eigenvalue weighted by molar-refractivity contribution is -0.116. The molecule has 7 nitrogen and oxygen atoms in total. The van der Waals surface area contributed by atoms with Gasteiger partial charge in [-0.05, 0) is 67.4 Å². The molecule has 0 fully saturated rings. The number of benzene rings is 3. The number of imidazole rings is 1. The van der Waals surface area contributed by atoms with E-state index in [-0.39, 0.29) is 12.3 Å². The van der Waals surface area contributed by atoms with Gasteiger partial charge >= 0.3 is 5.63 Å². The normalized spacial score (nSPS) is 11.1. The van der Waals surface area contributed by atoms with Gasteiger partial charge in [-0.2, -0.15) is 0 Å². The van der Waals surface area contributed by atoms with E-state index in [1.807, 2.05) is 67.6 Å². The number of aromatic amines is 1. The van der Waals surface area contributed by atoms with Crippen LogP contribution in [0.1, 0.15) is 17.5 Å². The van der Waals surface area contributed by atoms with Crippen LogP contribution < -0.4 is 15.7 Å². The van der Waals surface area contributed by atoms with Gasteiger partial charge in [0, 0.05) is 34.7 Å². The Bertz CT molecular complexity index is 1530. The van der Waals surface area contributed by atoms with Crippen molar-refractivity contribution in [2.24, 2.45) is 0 Å². The van der Waals surface area contributed by atoms with E-state index in [4.69, 9.17) is 9.15 Å². The van der Waals surface area contributed by atoms with E-state index in [9.17, 15) is 9.59 Å². The summed E-state index contributed by atoms with van der Waals surface area (Å²) in [5.74, 6) is 1.22. The van der Waals surface area contributed by atoms with Crippen LogP contribution in [-0.4, -0.2) is 23.0 Å². The van der Waals surface area contributed by atoms with Crippen LogP contribution >= 0.6 is 0 Å². The Morgan fingerprint density at radius 3 is 2.65 bits per heavy atom. The molecule has 0 saturated carbocycles. The number of hydrogen-bond acceptors (Lipinski definition) is 5. The minimum absolute atomic E-state index is 0.165. The molecule has 0 atom stereocenters. The predicted octanol–water partition coefficient (Wildman–Crippen LogP) is 5.22. The van der Waals surface area contributed by atoms with Crippen LogP contribution in [-0.2, 0) is 11.2 Å². The molecule has 0 bridgehead atoms. The number of fused-ring (bicyclic) bond motifs is 2. The highest BCUT2D eigenvalue weighted by Crippen LogP contribution is 2.25. The van der Waals surface area contributed by atoms with E-state index in [1.54, 1.807) is 13.2 Å². The molecule has 0 spiro atoms. The number of rotatable bonds is 6. The van der Waals surface area contributed by atoms with Gasteiger partial charge in [0.05, 0.1) is 18.1 Å². The van der Waals surface area contributed by atoms with Crippen molar-refractivity contribution >= 4 is 33.6 Å². The Balaban J connectivity index is 1.26. The number of H-pyrrole nitrogens is 1. The zero-order chi connectivity index (χ0) is 23.7. The first kappa shape index (κ1) is 21.5. The number of aryl methyl sites for hydroxylation is 1. The molecule has 7 heteroatoms. The fourth-order valence-electron chi connectivity index (χ4n) is 4.05. The third-order valence-corrected chi connectivity index (χ3v) is 5.93. The summed E-state index contributed by atoms with van der Waals surface area (Å²) in [6.45, 7) is 1.87. The quantitative estimate of drug-likeness (QED) is 0.343. The maximum Gasteiger partial charge on any atom is 0.339 e. The van der Waals surface area contributed by atoms with E-state index in [2.05, 4.69) is 15.3 Å². The van der Waals surface area contributed by atoms with Gasteiger partial charge in [-0.3, -0.25) is 4.79 Å². The van der Waals surface area contributed by atoms with Gasteiger partial charge in [0.25, 0.3) is 0 Å². The van der Waals surface area contributed by atoms with Gasteiger partial charge in [0.15, 0.2) is 0 Å². The van der Waals surface area contributed by atoms with Crippen LogP contribution in [0.5, 0.6) is 5.75 Å². The molecule has 170 valence electrons. The maximum atomic E-state index is 12.5. The summed E-state index contributed by atoms with van der Waals surface area (Å²) in [7, 11) is 1.56. The number of nitrogens with one attached hydrogen (secondary N) is 2. The van der Waals surface area contributed by atoms with Crippen LogP contribution in [0.3, 0.4) is 0 Å². The highest BCUT2D eigenvalue weighted by Gasteiger charge is 2.14. The van der Waals surface area contributed by atoms with Crippen molar-refractivity contribution in [1.82, 2.24) is 9.97 Å². The fraction of sp³-hybridized carbons (Fsp3) is 0.148. The number of ether oxygens (including phenoxy) is 1. The summed E-state index contributed by atoms with van der Waals surface area (Å²) in [4.78, 5) is 33.0. The van der Waals surface area contributed by atoms with Crippen LogP contribution in [0.4, 0.5) is 5.69 Å². The second-order valence-electron chi connectivity index (χ2n) is 8.08. The van der Waals surface area contributed by atoms with Crippen molar-refractivity contribution in [2.75, 3.05) is 12.4 Å². The molecule has 2 heterocycles. The summed E-state index contributed by atoms with van der Waals surface area (Å²) in [6.07, 6.45) is 0.456. The summed E-state index contributed by atoms with van der Waals surface area (Å²) >= 11 is 0. The van der Waals surface area contributed by atoms with Gasteiger partial charge in [0.2, 0.25) is 5.91 Å². The second kappa shape index (κ2) is 8.86. The van der Waals surface area contributed by atoms with E-state index >= 15 is 0 Å². The molecule has 0 radical (unpaired) electrons. The lowest BCUT2D eigenvalue weighted by atomic mass is 10.0. The largest absolute Gasteiger partial charge is 0.497 e. The molecular formula is C27H23N3O4. The third-order valence-electron chi connectivity index (χ3n) is 5.93. The number of carbonyl (C=O) groups is 1. The Kier molecular flexibility index (Phi) is 5.59. The topological polar surface area (TPSA) is 97.2 Å². The summed E-state index contributed by atoms with van der Waals surface area (Å²) in [5.41, 5.74) is 4.85. The lowest BCUT2D eigenvalue weighted by Crippen LogP contribution is -2.16. The number of aromatic nitrogens is 2. The Morgan fingerprint density at radius 2 is 1.88 bits per heavy atom. The first-order valence-electron chi connectivity index (χ1n) is 11.0. The molecule has 0 aliphatic rings. The molecule has 0 aliphatic heterocycles. The Hall–Kier alpha value is -4.39. The van der Waals surface area contributed by atoms with E-state index in [0.29, 0.717) is 29.0 Å². The zero-order valence-electron chi connectivity index (χ0n) is 18.8. The average molecular weight is 453 g/mol. The van der Waals surface area contributed by atoms with Crippen LogP contribution in [0, 0.1) is 6.92 Å². The van der Waals surface area contributed by atoms with Crippen molar-refractivity contribution < 1.29 is 13.9 Å². The van der Waals surface area contributed by atoms with Crippen molar-refractivity contribution in [3.8, 4) is 17.1 Å². The molecule has 0 saturated heterocycles. The third kappa shape index (κ3) is 4.15. The summed E-state index contributed by atoms with van der Waals surface area (Å²) in [5, 5.41) is 3.72. The SMILES string of the molecule is COc1ccc2c(C)c(CCC(=O)Nc3ccc(-c4nc5ccccc5[nH]4)cc3)c(=O)oc2c1. The maximum absolute atomic E-state index is 12.5. The highest BCUT2D eigenvalue weighted by molar-refractivity contribution is 5.91. The molecule has 5 rings (SSSR count). The molecule has 0 unspecified atom stereocenters. The molecule has 34 heavy (non-hydrogen) atoms. The molecule has 2 aromatic heterocycles. The van der Waals surface area contributed by atoms with E-state index in [0.717, 1.165) is 33.4 Å². The molecule has 0 aliphatic carbocycles. The van der Waals surface area contributed by atoms with E-state index in [1.165, 1.54) is 0 Å². The zero-order valence-corrected chi connectivity index (χ0v) is 18.8. The van der Waals surface area contributed by atoms with Gasteiger partial charge in [0.1, 0.15) is 17.2 Å². The number of methoxy groups -OCH3 is 1. The van der Waals surface area contributed by atoms with Gasteiger partial charge < -0.3 is 19.5 Å². The van der Waals surface area contributed by atoms with Gasteiger partial charge in [-0.1, -0.05) is 12.1 Å². The molecule has 1 amide bonds. The number of anilines is 1. The van der Waals surface area contributed by atoms with Crippen molar-refractivity contribution in [3.63, 3.8) is 0 Å². The number of para-hydroxylation sites is 2. The lowest BCUT2D eigenvalue weighted by Gasteiger charge is -2.09. The first-order chi connectivity index (χ1) is 16.5. The summed E-state index contributed by atoms with van der Waals surface area (Å²) < 4.78 is 10.7. The Morgan fingerprint density at radius 1 is 1.09 bits per heavy atom. The van der Waals surface area contributed by atoms with Crippen LogP contribution in [0.25, 0.3) is 33.4 Å². The smallest absolute Gasteiger partial charge is 0.339 e. The average Bonchev–Trinajstić information content (AvgIpc) is 3.28. The van der Waals surface area contributed by atoms with Crippen molar-refractivity contribution in [3.05, 3.63) is 88.3 Å². The summed E-state index contributed by atoms with van der Waals surface area (Å²) in [6, 6.07) is 20.7.